The number of aromatic amines is 1. The van der Waals surface area contributed by atoms with Crippen LogP contribution in [0.1, 0.15) is 55.9 Å². The zero-order chi connectivity index (χ0) is 27.6. The van der Waals surface area contributed by atoms with E-state index in [4.69, 9.17) is 9.15 Å². The Bertz CT molecular complexity index is 1610. The third-order valence-corrected chi connectivity index (χ3v) is 7.15. The minimum Gasteiger partial charge on any atom is -0.497 e. The molecule has 0 aliphatic rings. The van der Waals surface area contributed by atoms with E-state index in [9.17, 15) is 9.18 Å². The SMILES string of the molecule is CCC(C)(C)n1nnnc1[C@H](c1cc2cc(OC)ccc2[nH]c1=O)N(Cc1ccc(F)cc1)Cc1ccco1. The summed E-state index contributed by atoms with van der Waals surface area (Å²) in [6, 6.07) is 16.7. The number of aromatic nitrogens is 5. The van der Waals surface area contributed by atoms with Crippen LogP contribution in [0.5, 0.6) is 5.75 Å². The van der Waals surface area contributed by atoms with Crippen molar-refractivity contribution >= 4 is 10.9 Å². The zero-order valence-electron chi connectivity index (χ0n) is 22.4. The normalized spacial score (nSPS) is 12.8. The Balaban J connectivity index is 1.73. The molecule has 9 nitrogen and oxygen atoms in total. The van der Waals surface area contributed by atoms with Crippen LogP contribution in [0, 0.1) is 5.82 Å². The van der Waals surface area contributed by atoms with Crippen LogP contribution in [0.3, 0.4) is 0 Å². The lowest BCUT2D eigenvalue weighted by atomic mass is 9.98. The molecule has 0 aliphatic carbocycles. The maximum absolute atomic E-state index is 13.7. The Hall–Kier alpha value is -4.31. The summed E-state index contributed by atoms with van der Waals surface area (Å²) >= 11 is 0. The third-order valence-electron chi connectivity index (χ3n) is 7.15. The Morgan fingerprint density at radius 1 is 1.13 bits per heavy atom. The molecule has 5 aromatic rings. The first-order valence-electron chi connectivity index (χ1n) is 12.8. The van der Waals surface area contributed by atoms with Crippen molar-refractivity contribution < 1.29 is 13.5 Å². The van der Waals surface area contributed by atoms with E-state index in [1.807, 2.05) is 30.3 Å². The number of methoxy groups -OCH3 is 1. The summed E-state index contributed by atoms with van der Waals surface area (Å²) in [5, 5.41) is 13.6. The Labute approximate surface area is 225 Å². The van der Waals surface area contributed by atoms with E-state index in [2.05, 4.69) is 46.2 Å². The highest BCUT2D eigenvalue weighted by Crippen LogP contribution is 2.33. The average molecular weight is 531 g/mol. The predicted octanol–water partition coefficient (Wildman–Crippen LogP) is 5.19. The fraction of sp³-hybridized carbons (Fsp3) is 0.310. The molecule has 0 spiro atoms. The molecule has 39 heavy (non-hydrogen) atoms. The van der Waals surface area contributed by atoms with Gasteiger partial charge in [-0.05, 0) is 84.8 Å². The number of tetrazole rings is 1. The summed E-state index contributed by atoms with van der Waals surface area (Å²) in [6.07, 6.45) is 2.37. The predicted molar refractivity (Wildman–Crippen MR) is 145 cm³/mol. The molecule has 3 aromatic heterocycles. The van der Waals surface area contributed by atoms with Crippen molar-refractivity contribution in [3.05, 3.63) is 106 Å². The largest absolute Gasteiger partial charge is 0.497 e. The summed E-state index contributed by atoms with van der Waals surface area (Å²) in [5.41, 5.74) is 1.34. The molecule has 0 bridgehead atoms. The number of pyridine rings is 1. The summed E-state index contributed by atoms with van der Waals surface area (Å²) in [7, 11) is 1.60. The van der Waals surface area contributed by atoms with Gasteiger partial charge in [-0.15, -0.1) is 5.10 Å². The van der Waals surface area contributed by atoms with Gasteiger partial charge in [-0.3, -0.25) is 9.69 Å². The second kappa shape index (κ2) is 10.8. The maximum atomic E-state index is 13.7. The van der Waals surface area contributed by atoms with Crippen LogP contribution in [0.15, 0.2) is 76.1 Å². The van der Waals surface area contributed by atoms with Crippen molar-refractivity contribution in [3.63, 3.8) is 0 Å². The molecule has 0 saturated carbocycles. The number of rotatable bonds is 10. The number of ether oxygens (including phenoxy) is 1. The minimum absolute atomic E-state index is 0.259. The lowest BCUT2D eigenvalue weighted by Gasteiger charge is -2.33. The second-order valence-electron chi connectivity index (χ2n) is 10.1. The molecule has 3 heterocycles. The van der Waals surface area contributed by atoms with Gasteiger partial charge in [-0.25, -0.2) is 9.07 Å². The van der Waals surface area contributed by atoms with E-state index >= 15 is 0 Å². The molecule has 0 unspecified atom stereocenters. The van der Waals surface area contributed by atoms with Crippen molar-refractivity contribution in [1.82, 2.24) is 30.1 Å². The summed E-state index contributed by atoms with van der Waals surface area (Å²) in [6.45, 7) is 6.89. The van der Waals surface area contributed by atoms with E-state index in [-0.39, 0.29) is 11.4 Å². The molecule has 202 valence electrons. The number of halogens is 1. The summed E-state index contributed by atoms with van der Waals surface area (Å²) in [4.78, 5) is 18.8. The monoisotopic (exact) mass is 530 g/mol. The van der Waals surface area contributed by atoms with E-state index in [1.54, 1.807) is 36.3 Å². The molecule has 2 aromatic carbocycles. The van der Waals surface area contributed by atoms with Crippen molar-refractivity contribution in [1.29, 1.82) is 0 Å². The summed E-state index contributed by atoms with van der Waals surface area (Å²) < 4.78 is 26.7. The molecular formula is C29H31FN6O3. The number of hydrogen-bond acceptors (Lipinski definition) is 7. The van der Waals surface area contributed by atoms with Crippen LogP contribution in [0.25, 0.3) is 10.9 Å². The molecule has 1 N–H and O–H groups in total. The number of hydrogen-bond donors (Lipinski definition) is 1. The second-order valence-corrected chi connectivity index (χ2v) is 10.1. The Kier molecular flexibility index (Phi) is 7.30. The number of furan rings is 1. The highest BCUT2D eigenvalue weighted by molar-refractivity contribution is 5.80. The van der Waals surface area contributed by atoms with Gasteiger partial charge >= 0.3 is 0 Å². The van der Waals surface area contributed by atoms with Gasteiger partial charge in [0.15, 0.2) is 5.82 Å². The van der Waals surface area contributed by atoms with Gasteiger partial charge in [-0.2, -0.15) is 0 Å². The Morgan fingerprint density at radius 2 is 1.92 bits per heavy atom. The maximum Gasteiger partial charge on any atom is 0.253 e. The molecule has 0 saturated heterocycles. The fourth-order valence-electron chi connectivity index (χ4n) is 4.64. The molecule has 5 rings (SSSR count). The molecule has 0 radical (unpaired) electrons. The number of nitrogens with one attached hydrogen (secondary N) is 1. The number of fused-ring (bicyclic) bond motifs is 1. The van der Waals surface area contributed by atoms with Gasteiger partial charge < -0.3 is 14.1 Å². The van der Waals surface area contributed by atoms with E-state index in [0.717, 1.165) is 17.4 Å². The van der Waals surface area contributed by atoms with E-state index in [1.165, 1.54) is 12.1 Å². The molecule has 10 heteroatoms. The first-order valence-corrected chi connectivity index (χ1v) is 12.8. The number of nitrogens with zero attached hydrogens (tertiary/aromatic N) is 5. The molecule has 0 fully saturated rings. The van der Waals surface area contributed by atoms with Crippen LogP contribution in [-0.2, 0) is 18.6 Å². The van der Waals surface area contributed by atoms with Crippen LogP contribution >= 0.6 is 0 Å². The fourth-order valence-corrected chi connectivity index (χ4v) is 4.64. The Morgan fingerprint density at radius 3 is 2.62 bits per heavy atom. The van der Waals surface area contributed by atoms with Gasteiger partial charge in [-0.1, -0.05) is 19.1 Å². The van der Waals surface area contributed by atoms with Gasteiger partial charge in [0.1, 0.15) is 23.4 Å². The van der Waals surface area contributed by atoms with E-state index in [0.29, 0.717) is 41.5 Å². The highest BCUT2D eigenvalue weighted by atomic mass is 19.1. The highest BCUT2D eigenvalue weighted by Gasteiger charge is 2.35. The number of H-pyrrole nitrogens is 1. The van der Waals surface area contributed by atoms with Crippen molar-refractivity contribution in [2.24, 2.45) is 0 Å². The van der Waals surface area contributed by atoms with Gasteiger partial charge in [0.2, 0.25) is 0 Å². The van der Waals surface area contributed by atoms with Crippen LogP contribution in [-0.4, -0.2) is 37.2 Å². The van der Waals surface area contributed by atoms with Gasteiger partial charge in [0.05, 0.1) is 25.5 Å². The topological polar surface area (TPSA) is 102 Å². The van der Waals surface area contributed by atoms with Gasteiger partial charge in [0.25, 0.3) is 5.56 Å². The van der Waals surface area contributed by atoms with Crippen LogP contribution in [0.4, 0.5) is 4.39 Å². The lowest BCUT2D eigenvalue weighted by molar-refractivity contribution is 0.168. The van der Waals surface area contributed by atoms with Gasteiger partial charge in [0, 0.05) is 23.0 Å². The third kappa shape index (κ3) is 5.46. The molecule has 1 atom stereocenters. The lowest BCUT2D eigenvalue weighted by Crippen LogP contribution is -2.38. The van der Waals surface area contributed by atoms with Crippen molar-refractivity contribution in [2.75, 3.05) is 7.11 Å². The van der Waals surface area contributed by atoms with Crippen molar-refractivity contribution in [3.8, 4) is 5.75 Å². The first kappa shape index (κ1) is 26.3. The quantitative estimate of drug-likeness (QED) is 0.265. The van der Waals surface area contributed by atoms with Crippen molar-refractivity contribution in [2.45, 2.75) is 51.9 Å². The average Bonchev–Trinajstić information content (AvgIpc) is 3.63. The molecule has 0 amide bonds. The van der Waals surface area contributed by atoms with Crippen LogP contribution < -0.4 is 10.3 Å². The van der Waals surface area contributed by atoms with Crippen LogP contribution in [0.2, 0.25) is 0 Å². The minimum atomic E-state index is -0.666. The smallest absolute Gasteiger partial charge is 0.253 e. The molecular weight excluding hydrogens is 499 g/mol. The van der Waals surface area contributed by atoms with E-state index < -0.39 is 11.6 Å². The molecule has 0 aliphatic heterocycles. The standard InChI is InChI=1S/C29H31FN6O3/c1-5-29(2,3)36-27(32-33-34-36)26(24-16-20-15-22(38-4)12-13-25(20)31-28(24)37)35(18-23-7-6-14-39-23)17-19-8-10-21(30)11-9-19/h6-16,26H,5,17-18H2,1-4H3,(H,31,37)/t26-/m0/s1. The zero-order valence-corrected chi connectivity index (χ0v) is 22.4. The first-order chi connectivity index (χ1) is 18.8. The summed E-state index contributed by atoms with van der Waals surface area (Å²) in [5.74, 6) is 1.58. The number of benzene rings is 2.